The number of hydrogen-bond donors (Lipinski definition) is 2. The molecule has 1 aliphatic heterocycles. The molecule has 0 aromatic carbocycles. The molecule has 2 N–H and O–H groups in total. The molecule has 29 heavy (non-hydrogen) atoms. The molecule has 0 radical (unpaired) electrons. The van der Waals surface area contributed by atoms with Crippen LogP contribution in [-0.2, 0) is 6.18 Å². The van der Waals surface area contributed by atoms with Crippen molar-refractivity contribution >= 4 is 17.9 Å². The van der Waals surface area contributed by atoms with Crippen molar-refractivity contribution in [3.63, 3.8) is 0 Å². The van der Waals surface area contributed by atoms with E-state index < -0.39 is 11.7 Å². The summed E-state index contributed by atoms with van der Waals surface area (Å²) in [7, 11) is 0. The maximum Gasteiger partial charge on any atom is 0.419 e. The maximum atomic E-state index is 13.3. The molecule has 152 valence electrons. The van der Waals surface area contributed by atoms with Crippen LogP contribution in [0.5, 0.6) is 0 Å². The lowest BCUT2D eigenvalue weighted by Crippen LogP contribution is -2.36. The van der Waals surface area contributed by atoms with Crippen molar-refractivity contribution in [3.05, 3.63) is 48.5 Å². The van der Waals surface area contributed by atoms with Crippen molar-refractivity contribution in [2.24, 2.45) is 0 Å². The Morgan fingerprint density at radius 3 is 2.62 bits per heavy atom. The van der Waals surface area contributed by atoms with Crippen LogP contribution in [0.3, 0.4) is 0 Å². The average molecular weight is 421 g/mol. The Morgan fingerprint density at radius 2 is 1.97 bits per heavy atom. The minimum absolute atomic E-state index is 0.0875. The van der Waals surface area contributed by atoms with Crippen LogP contribution in [0.15, 0.2) is 48.0 Å². The Kier molecular flexibility index (Phi) is 5.67. The number of nitrogens with zero attached hydrogens (tertiary/aromatic N) is 5. The number of alkyl halides is 3. The molecule has 0 spiro atoms. The van der Waals surface area contributed by atoms with Gasteiger partial charge in [-0.1, -0.05) is 6.07 Å². The standard InChI is InChI=1S/C18H18F3N7S/c19-18(20,21)14-11-23-17(27-16(14)12-9-24-25-10-12)26-13-4-7-28(8-5-13)29-15-3-1-2-6-22-15/h1-3,6,9-11,13H,4-5,7-8H2,(H,24,25)(H,23,26,27). The molecule has 4 rings (SSSR count). The highest BCUT2D eigenvalue weighted by molar-refractivity contribution is 7.97. The van der Waals surface area contributed by atoms with Crippen LogP contribution < -0.4 is 5.32 Å². The number of hydrogen-bond acceptors (Lipinski definition) is 7. The summed E-state index contributed by atoms with van der Waals surface area (Å²) >= 11 is 1.61. The number of aromatic amines is 1. The lowest BCUT2D eigenvalue weighted by Gasteiger charge is -2.31. The first-order chi connectivity index (χ1) is 14.0. The molecule has 0 unspecified atom stereocenters. The predicted molar refractivity (Wildman–Crippen MR) is 103 cm³/mol. The first-order valence-corrected chi connectivity index (χ1v) is 9.80. The fraction of sp³-hybridized carbons (Fsp3) is 0.333. The number of pyridine rings is 1. The fourth-order valence-corrected chi connectivity index (χ4v) is 3.97. The van der Waals surface area contributed by atoms with E-state index in [0.29, 0.717) is 0 Å². The zero-order valence-electron chi connectivity index (χ0n) is 15.2. The monoisotopic (exact) mass is 421 g/mol. The van der Waals surface area contributed by atoms with Crippen LogP contribution in [0, 0.1) is 0 Å². The SMILES string of the molecule is FC(F)(F)c1cnc(NC2CCN(Sc3ccccn3)CC2)nc1-c1cn[nH]c1. The minimum atomic E-state index is -4.54. The van der Waals surface area contributed by atoms with Gasteiger partial charge in [-0.05, 0) is 36.9 Å². The van der Waals surface area contributed by atoms with Crippen LogP contribution in [0.2, 0.25) is 0 Å². The summed E-state index contributed by atoms with van der Waals surface area (Å²) in [5.74, 6) is 0.185. The van der Waals surface area contributed by atoms with Crippen molar-refractivity contribution < 1.29 is 13.2 Å². The third-order valence-corrected chi connectivity index (χ3v) is 5.57. The largest absolute Gasteiger partial charge is 0.419 e. The van der Waals surface area contributed by atoms with Crippen molar-refractivity contribution in [2.75, 3.05) is 18.4 Å². The Morgan fingerprint density at radius 1 is 1.14 bits per heavy atom. The molecular weight excluding hydrogens is 403 g/mol. The lowest BCUT2D eigenvalue weighted by molar-refractivity contribution is -0.137. The maximum absolute atomic E-state index is 13.3. The second kappa shape index (κ2) is 8.37. The fourth-order valence-electron chi connectivity index (χ4n) is 3.07. The number of halogens is 3. The summed E-state index contributed by atoms with van der Waals surface area (Å²) in [5, 5.41) is 10.4. The molecule has 0 amide bonds. The van der Waals surface area contributed by atoms with Crippen LogP contribution >= 0.6 is 11.9 Å². The Labute approximate surface area is 169 Å². The third kappa shape index (κ3) is 4.85. The van der Waals surface area contributed by atoms with Crippen LogP contribution in [0.1, 0.15) is 18.4 Å². The molecule has 0 bridgehead atoms. The summed E-state index contributed by atoms with van der Waals surface area (Å²) in [6.45, 7) is 1.66. The quantitative estimate of drug-likeness (QED) is 0.605. The molecule has 3 aromatic rings. The van der Waals surface area contributed by atoms with Crippen LogP contribution in [0.25, 0.3) is 11.3 Å². The molecule has 4 heterocycles. The van der Waals surface area contributed by atoms with Gasteiger partial charge in [0.05, 0.1) is 11.9 Å². The number of aromatic nitrogens is 5. The van der Waals surface area contributed by atoms with Gasteiger partial charge in [-0.15, -0.1) is 0 Å². The summed E-state index contributed by atoms with van der Waals surface area (Å²) in [6.07, 6.45) is 2.39. The van der Waals surface area contributed by atoms with E-state index in [0.717, 1.165) is 37.2 Å². The highest BCUT2D eigenvalue weighted by Gasteiger charge is 2.36. The molecule has 1 aliphatic rings. The van der Waals surface area contributed by atoms with E-state index in [1.165, 1.54) is 12.4 Å². The highest BCUT2D eigenvalue weighted by atomic mass is 32.2. The zero-order chi connectivity index (χ0) is 20.3. The van der Waals surface area contributed by atoms with Crippen molar-refractivity contribution in [1.82, 2.24) is 29.5 Å². The lowest BCUT2D eigenvalue weighted by atomic mass is 10.1. The minimum Gasteiger partial charge on any atom is -0.351 e. The van der Waals surface area contributed by atoms with Gasteiger partial charge in [-0.25, -0.2) is 19.3 Å². The van der Waals surface area contributed by atoms with E-state index in [1.807, 2.05) is 18.2 Å². The Hall–Kier alpha value is -2.66. The van der Waals surface area contributed by atoms with Crippen molar-refractivity contribution in [3.8, 4) is 11.3 Å². The van der Waals surface area contributed by atoms with E-state index in [4.69, 9.17) is 0 Å². The van der Waals surface area contributed by atoms with E-state index in [2.05, 4.69) is 34.8 Å². The molecular formula is C18H18F3N7S. The van der Waals surface area contributed by atoms with Gasteiger partial charge in [-0.2, -0.15) is 18.3 Å². The highest BCUT2D eigenvalue weighted by Crippen LogP contribution is 2.36. The first-order valence-electron chi connectivity index (χ1n) is 9.03. The first kappa shape index (κ1) is 19.6. The van der Waals surface area contributed by atoms with E-state index in [1.54, 1.807) is 18.1 Å². The molecule has 3 aromatic heterocycles. The summed E-state index contributed by atoms with van der Waals surface area (Å²) in [5.41, 5.74) is -0.803. The smallest absolute Gasteiger partial charge is 0.351 e. The molecule has 11 heteroatoms. The second-order valence-electron chi connectivity index (χ2n) is 6.55. The predicted octanol–water partition coefficient (Wildman–Crippen LogP) is 3.86. The van der Waals surface area contributed by atoms with Gasteiger partial charge in [0.1, 0.15) is 10.6 Å². The van der Waals surface area contributed by atoms with E-state index in [-0.39, 0.29) is 23.2 Å². The summed E-state index contributed by atoms with van der Waals surface area (Å²) in [4.78, 5) is 12.3. The van der Waals surface area contributed by atoms with Crippen LogP contribution in [-0.4, -0.2) is 48.6 Å². The summed E-state index contributed by atoms with van der Waals surface area (Å²) < 4.78 is 42.2. The van der Waals surface area contributed by atoms with Gasteiger partial charge in [0.2, 0.25) is 5.95 Å². The molecule has 1 saturated heterocycles. The van der Waals surface area contributed by atoms with Gasteiger partial charge in [0, 0.05) is 43.3 Å². The van der Waals surface area contributed by atoms with Gasteiger partial charge >= 0.3 is 6.18 Å². The number of anilines is 1. The molecule has 0 atom stereocenters. The normalized spacial score (nSPS) is 16.1. The van der Waals surface area contributed by atoms with Crippen molar-refractivity contribution in [1.29, 1.82) is 0 Å². The molecule has 0 aliphatic carbocycles. The van der Waals surface area contributed by atoms with Gasteiger partial charge in [-0.3, -0.25) is 5.10 Å². The van der Waals surface area contributed by atoms with Crippen LogP contribution in [0.4, 0.5) is 19.1 Å². The van der Waals surface area contributed by atoms with Gasteiger partial charge < -0.3 is 5.32 Å². The van der Waals surface area contributed by atoms with Gasteiger partial charge in [0.15, 0.2) is 0 Å². The molecule has 7 nitrogen and oxygen atoms in total. The van der Waals surface area contributed by atoms with E-state index in [9.17, 15) is 13.2 Å². The summed E-state index contributed by atoms with van der Waals surface area (Å²) in [6, 6.07) is 5.87. The number of H-pyrrole nitrogens is 1. The van der Waals surface area contributed by atoms with E-state index >= 15 is 0 Å². The number of rotatable bonds is 5. The number of nitrogens with one attached hydrogen (secondary N) is 2. The van der Waals surface area contributed by atoms with Crippen molar-refractivity contribution in [2.45, 2.75) is 30.1 Å². The van der Waals surface area contributed by atoms with Gasteiger partial charge in [0.25, 0.3) is 0 Å². The Bertz CT molecular complexity index is 926. The average Bonchev–Trinajstić information content (AvgIpc) is 3.24. The number of piperidine rings is 1. The Balaban J connectivity index is 1.42. The molecule has 0 saturated carbocycles. The molecule has 1 fully saturated rings. The second-order valence-corrected chi connectivity index (χ2v) is 7.66. The zero-order valence-corrected chi connectivity index (χ0v) is 16.0. The third-order valence-electron chi connectivity index (χ3n) is 4.51. The topological polar surface area (TPSA) is 82.6 Å².